The lowest BCUT2D eigenvalue weighted by Gasteiger charge is -2.03. The number of ether oxygens (including phenoxy) is 4. The second-order valence-electron chi connectivity index (χ2n) is 3.61. The summed E-state index contributed by atoms with van der Waals surface area (Å²) in [5, 5.41) is 0. The molecule has 0 amide bonds. The zero-order chi connectivity index (χ0) is 18.4. The van der Waals surface area contributed by atoms with Crippen molar-refractivity contribution in [2.45, 2.75) is 20.8 Å². The highest BCUT2D eigenvalue weighted by molar-refractivity contribution is 6.13. The first kappa shape index (κ1) is 22.6. The number of methoxy groups -OCH3 is 1. The van der Waals surface area contributed by atoms with Gasteiger partial charge in [0.2, 0.25) is 0 Å². The Balaban J connectivity index is 0. The van der Waals surface area contributed by atoms with Crippen molar-refractivity contribution < 1.29 is 38.1 Å². The average molecular weight is 330 g/mol. The van der Waals surface area contributed by atoms with Gasteiger partial charge in [-0.05, 0) is 20.8 Å². The van der Waals surface area contributed by atoms with Gasteiger partial charge in [-0.2, -0.15) is 0 Å². The highest BCUT2D eigenvalue weighted by Gasteiger charge is 2.17. The summed E-state index contributed by atoms with van der Waals surface area (Å²) in [4.78, 5) is 43.0. The SMILES string of the molecule is C=C(C(=O)OC)C(=O)OCC.C=C(C(=O)OCC)C(=O)OCC. The van der Waals surface area contributed by atoms with Crippen LogP contribution in [-0.2, 0) is 38.1 Å². The standard InChI is InChI=1S/C8H12O4.C7H10O4/c1-4-11-7(9)6(3)8(10)12-5-2;1-4-11-7(9)5(2)6(8)10-3/h3-5H2,1-2H3;2,4H2,1,3H3. The van der Waals surface area contributed by atoms with Gasteiger partial charge in [0, 0.05) is 0 Å². The molecule has 0 aromatic carbocycles. The van der Waals surface area contributed by atoms with Gasteiger partial charge in [-0.1, -0.05) is 13.2 Å². The van der Waals surface area contributed by atoms with E-state index in [1.807, 2.05) is 0 Å². The lowest BCUT2D eigenvalue weighted by molar-refractivity contribution is -0.147. The van der Waals surface area contributed by atoms with E-state index in [9.17, 15) is 19.2 Å². The first-order valence-corrected chi connectivity index (χ1v) is 6.74. The third-order valence-electron chi connectivity index (χ3n) is 2.00. The van der Waals surface area contributed by atoms with Crippen molar-refractivity contribution in [3.8, 4) is 0 Å². The number of esters is 4. The third-order valence-corrected chi connectivity index (χ3v) is 2.00. The number of carbonyl (C=O) groups is 4. The van der Waals surface area contributed by atoms with Gasteiger partial charge in [0.1, 0.15) is 11.1 Å². The Hall–Kier alpha value is -2.64. The Kier molecular flexibility index (Phi) is 12.8. The molecule has 0 spiro atoms. The predicted molar refractivity (Wildman–Crippen MR) is 80.2 cm³/mol. The topological polar surface area (TPSA) is 105 Å². The fraction of sp³-hybridized carbons (Fsp3) is 0.467. The second kappa shape index (κ2) is 13.1. The maximum atomic E-state index is 10.8. The van der Waals surface area contributed by atoms with E-state index in [4.69, 9.17) is 0 Å². The van der Waals surface area contributed by atoms with E-state index in [1.165, 1.54) is 7.11 Å². The summed E-state index contributed by atoms with van der Waals surface area (Å²) in [6, 6.07) is 0. The van der Waals surface area contributed by atoms with Crippen molar-refractivity contribution >= 4 is 23.9 Å². The zero-order valence-electron chi connectivity index (χ0n) is 13.8. The highest BCUT2D eigenvalue weighted by Crippen LogP contribution is 1.98. The van der Waals surface area contributed by atoms with Crippen molar-refractivity contribution in [1.29, 1.82) is 0 Å². The molecule has 0 aromatic heterocycles. The first-order chi connectivity index (χ1) is 10.8. The Bertz CT molecular complexity index is 444. The maximum Gasteiger partial charge on any atom is 0.344 e. The van der Waals surface area contributed by atoms with Gasteiger partial charge in [0.05, 0.1) is 26.9 Å². The van der Waals surface area contributed by atoms with Crippen LogP contribution in [0.4, 0.5) is 0 Å². The van der Waals surface area contributed by atoms with Crippen molar-refractivity contribution in [3.63, 3.8) is 0 Å². The van der Waals surface area contributed by atoms with Crippen LogP contribution in [0.3, 0.4) is 0 Å². The van der Waals surface area contributed by atoms with E-state index in [1.54, 1.807) is 20.8 Å². The van der Waals surface area contributed by atoms with Gasteiger partial charge < -0.3 is 18.9 Å². The van der Waals surface area contributed by atoms with Crippen molar-refractivity contribution in [3.05, 3.63) is 24.3 Å². The molecule has 0 aliphatic rings. The molecule has 0 aromatic rings. The number of carbonyl (C=O) groups excluding carboxylic acids is 4. The molecule has 8 nitrogen and oxygen atoms in total. The third kappa shape index (κ3) is 9.83. The smallest absolute Gasteiger partial charge is 0.344 e. The van der Waals surface area contributed by atoms with Crippen molar-refractivity contribution in [2.24, 2.45) is 0 Å². The number of rotatable bonds is 7. The number of hydrogen-bond acceptors (Lipinski definition) is 8. The van der Waals surface area contributed by atoms with Crippen LogP contribution >= 0.6 is 0 Å². The molecule has 0 bridgehead atoms. The molecule has 8 heteroatoms. The maximum absolute atomic E-state index is 10.8. The molecular formula is C15H22O8. The average Bonchev–Trinajstić information content (AvgIpc) is 2.53. The predicted octanol–water partition coefficient (Wildman–Crippen LogP) is 0.947. The Morgan fingerprint density at radius 2 is 0.913 bits per heavy atom. The van der Waals surface area contributed by atoms with Gasteiger partial charge in [-0.15, -0.1) is 0 Å². The van der Waals surface area contributed by atoms with E-state index in [-0.39, 0.29) is 31.0 Å². The zero-order valence-corrected chi connectivity index (χ0v) is 13.8. The van der Waals surface area contributed by atoms with E-state index in [0.717, 1.165) is 0 Å². The summed E-state index contributed by atoms with van der Waals surface area (Å²) in [7, 11) is 1.17. The quantitative estimate of drug-likeness (QED) is 0.223. The summed E-state index contributed by atoms with van der Waals surface area (Å²) in [6.45, 7) is 12.0. The molecule has 0 rings (SSSR count). The lowest BCUT2D eigenvalue weighted by Crippen LogP contribution is -2.17. The number of hydrogen-bond donors (Lipinski definition) is 0. The molecule has 0 aliphatic carbocycles. The molecule has 0 atom stereocenters. The van der Waals surface area contributed by atoms with Gasteiger partial charge >= 0.3 is 23.9 Å². The summed E-state index contributed by atoms with van der Waals surface area (Å²) >= 11 is 0. The van der Waals surface area contributed by atoms with Crippen LogP contribution in [-0.4, -0.2) is 50.8 Å². The minimum Gasteiger partial charge on any atom is -0.465 e. The van der Waals surface area contributed by atoms with Crippen LogP contribution in [0, 0.1) is 0 Å². The highest BCUT2D eigenvalue weighted by atomic mass is 16.6. The first-order valence-electron chi connectivity index (χ1n) is 6.74. The van der Waals surface area contributed by atoms with Gasteiger partial charge in [-0.3, -0.25) is 0 Å². The van der Waals surface area contributed by atoms with Crippen LogP contribution < -0.4 is 0 Å². The summed E-state index contributed by atoms with van der Waals surface area (Å²) in [5.74, 6) is -2.95. The minimum atomic E-state index is -0.761. The van der Waals surface area contributed by atoms with Gasteiger partial charge in [0.15, 0.2) is 0 Å². The molecule has 130 valence electrons. The Labute approximate surface area is 135 Å². The normalized spacial score (nSPS) is 8.70. The van der Waals surface area contributed by atoms with E-state index in [0.29, 0.717) is 0 Å². The fourth-order valence-electron chi connectivity index (χ4n) is 0.944. The Morgan fingerprint density at radius 1 is 0.652 bits per heavy atom. The summed E-state index contributed by atoms with van der Waals surface area (Å²) < 4.78 is 17.8. The van der Waals surface area contributed by atoms with Crippen LogP contribution in [0.5, 0.6) is 0 Å². The molecule has 0 fully saturated rings. The largest absolute Gasteiger partial charge is 0.465 e. The second-order valence-corrected chi connectivity index (χ2v) is 3.61. The lowest BCUT2D eigenvalue weighted by atomic mass is 10.3. The molecule has 0 unspecified atom stereocenters. The molecule has 0 N–H and O–H groups in total. The van der Waals surface area contributed by atoms with Crippen LogP contribution in [0.2, 0.25) is 0 Å². The molecule has 23 heavy (non-hydrogen) atoms. The minimum absolute atomic E-state index is 0.217. The summed E-state index contributed by atoms with van der Waals surface area (Å²) in [6.07, 6.45) is 0. The van der Waals surface area contributed by atoms with E-state index >= 15 is 0 Å². The van der Waals surface area contributed by atoms with Crippen molar-refractivity contribution in [2.75, 3.05) is 26.9 Å². The molecule has 0 radical (unpaired) electrons. The Morgan fingerprint density at radius 3 is 1.13 bits per heavy atom. The van der Waals surface area contributed by atoms with E-state index < -0.39 is 23.9 Å². The van der Waals surface area contributed by atoms with Crippen LogP contribution in [0.1, 0.15) is 20.8 Å². The molecule has 0 saturated carbocycles. The molecule has 0 saturated heterocycles. The molecule has 0 aliphatic heterocycles. The van der Waals surface area contributed by atoms with Crippen LogP contribution in [0.15, 0.2) is 24.3 Å². The fourth-order valence-corrected chi connectivity index (χ4v) is 0.944. The summed E-state index contributed by atoms with van der Waals surface area (Å²) in [5.41, 5.74) is -0.548. The van der Waals surface area contributed by atoms with Crippen molar-refractivity contribution in [1.82, 2.24) is 0 Å². The van der Waals surface area contributed by atoms with Gasteiger partial charge in [-0.25, -0.2) is 19.2 Å². The van der Waals surface area contributed by atoms with Gasteiger partial charge in [0.25, 0.3) is 0 Å². The monoisotopic (exact) mass is 330 g/mol. The molecule has 0 heterocycles. The molecular weight excluding hydrogens is 308 g/mol. The van der Waals surface area contributed by atoms with Crippen LogP contribution in [0.25, 0.3) is 0 Å². The van der Waals surface area contributed by atoms with E-state index in [2.05, 4.69) is 32.1 Å².